The summed E-state index contributed by atoms with van der Waals surface area (Å²) < 4.78 is 6.15. The van der Waals surface area contributed by atoms with Crippen molar-refractivity contribution in [3.8, 4) is 0 Å². The summed E-state index contributed by atoms with van der Waals surface area (Å²) in [5, 5.41) is 3.70. The van der Waals surface area contributed by atoms with Crippen LogP contribution in [0.1, 0.15) is 52.4 Å². The monoisotopic (exact) mass is 266 g/mol. The third-order valence-corrected chi connectivity index (χ3v) is 5.23. The zero-order valence-corrected chi connectivity index (χ0v) is 12.7. The molecule has 3 saturated heterocycles. The van der Waals surface area contributed by atoms with Crippen LogP contribution >= 0.6 is 0 Å². The summed E-state index contributed by atoms with van der Waals surface area (Å²) in [5.41, 5.74) is 0.118. The lowest BCUT2D eigenvalue weighted by Crippen LogP contribution is -2.46. The van der Waals surface area contributed by atoms with Gasteiger partial charge in [-0.1, -0.05) is 0 Å². The second-order valence-electron chi connectivity index (χ2n) is 7.40. The molecular formula is C16H30N2O. The Bertz CT molecular complexity index is 297. The number of nitrogens with one attached hydrogen (secondary N) is 1. The van der Waals surface area contributed by atoms with Crippen LogP contribution < -0.4 is 5.32 Å². The quantitative estimate of drug-likeness (QED) is 0.849. The second-order valence-corrected chi connectivity index (χ2v) is 7.40. The Morgan fingerprint density at radius 1 is 1.21 bits per heavy atom. The molecule has 3 heteroatoms. The fraction of sp³-hybridized carbons (Fsp3) is 1.00. The molecule has 3 unspecified atom stereocenters. The van der Waals surface area contributed by atoms with Crippen molar-refractivity contribution >= 4 is 0 Å². The lowest BCUT2D eigenvalue weighted by atomic mass is 9.89. The van der Waals surface area contributed by atoms with Crippen LogP contribution in [0.25, 0.3) is 0 Å². The largest absolute Gasteiger partial charge is 0.371 e. The lowest BCUT2D eigenvalue weighted by molar-refractivity contribution is -0.0337. The average Bonchev–Trinajstić information content (AvgIpc) is 2.99. The van der Waals surface area contributed by atoms with Gasteiger partial charge in [0.2, 0.25) is 0 Å². The van der Waals surface area contributed by atoms with Crippen LogP contribution in [0.5, 0.6) is 0 Å². The first-order valence-electron chi connectivity index (χ1n) is 8.26. The Morgan fingerprint density at radius 2 is 2.11 bits per heavy atom. The van der Waals surface area contributed by atoms with Gasteiger partial charge in [-0.2, -0.15) is 0 Å². The fourth-order valence-corrected chi connectivity index (χ4v) is 4.19. The van der Waals surface area contributed by atoms with E-state index in [0.29, 0.717) is 6.10 Å². The molecule has 3 atom stereocenters. The van der Waals surface area contributed by atoms with E-state index >= 15 is 0 Å². The lowest BCUT2D eigenvalue weighted by Gasteiger charge is -2.37. The van der Waals surface area contributed by atoms with Gasteiger partial charge in [0.1, 0.15) is 0 Å². The molecule has 0 aliphatic carbocycles. The predicted octanol–water partition coefficient (Wildman–Crippen LogP) is 2.41. The first kappa shape index (κ1) is 13.8. The molecule has 0 spiro atoms. The number of rotatable bonds is 3. The molecule has 0 aromatic carbocycles. The Kier molecular flexibility index (Phi) is 4.16. The highest BCUT2D eigenvalue weighted by atomic mass is 16.5. The van der Waals surface area contributed by atoms with E-state index < -0.39 is 0 Å². The molecule has 0 saturated carbocycles. The van der Waals surface area contributed by atoms with Crippen molar-refractivity contribution in [3.63, 3.8) is 0 Å². The molecule has 3 fully saturated rings. The number of likely N-dealkylation sites (tertiary alicyclic amines) is 1. The minimum atomic E-state index is 0.118. The number of ether oxygens (including phenoxy) is 1. The highest BCUT2D eigenvalue weighted by Gasteiger charge is 2.34. The minimum Gasteiger partial charge on any atom is -0.371 e. The van der Waals surface area contributed by atoms with E-state index in [2.05, 4.69) is 24.1 Å². The molecular weight excluding hydrogens is 236 g/mol. The summed E-state index contributed by atoms with van der Waals surface area (Å²) in [6.07, 6.45) is 8.51. The van der Waals surface area contributed by atoms with Crippen molar-refractivity contribution in [1.29, 1.82) is 0 Å². The van der Waals surface area contributed by atoms with Crippen molar-refractivity contribution < 1.29 is 4.74 Å². The van der Waals surface area contributed by atoms with E-state index in [1.165, 1.54) is 58.2 Å². The highest BCUT2D eigenvalue weighted by molar-refractivity contribution is 4.88. The van der Waals surface area contributed by atoms with E-state index in [4.69, 9.17) is 4.74 Å². The van der Waals surface area contributed by atoms with E-state index in [1.54, 1.807) is 0 Å². The first-order chi connectivity index (χ1) is 9.12. The summed E-state index contributed by atoms with van der Waals surface area (Å²) in [7, 11) is 0. The summed E-state index contributed by atoms with van der Waals surface area (Å²) >= 11 is 0. The number of hydrogen-bond acceptors (Lipinski definition) is 3. The maximum Gasteiger partial charge on any atom is 0.0710 e. The van der Waals surface area contributed by atoms with E-state index in [0.717, 1.165) is 18.5 Å². The van der Waals surface area contributed by atoms with E-state index in [9.17, 15) is 0 Å². The fourth-order valence-electron chi connectivity index (χ4n) is 4.19. The Labute approximate surface area is 118 Å². The minimum absolute atomic E-state index is 0.118. The van der Waals surface area contributed by atoms with Crippen molar-refractivity contribution in [2.24, 2.45) is 5.92 Å². The molecule has 3 nitrogen and oxygen atoms in total. The van der Waals surface area contributed by atoms with Gasteiger partial charge in [-0.15, -0.1) is 0 Å². The standard InChI is InChI=1S/C16H30N2O/c1-16(2)8-7-14(19-16)12-18-10-4-5-13(11-18)15-6-3-9-17-15/h13-15,17H,3-12H2,1-2H3. The van der Waals surface area contributed by atoms with Crippen molar-refractivity contribution in [3.05, 3.63) is 0 Å². The van der Waals surface area contributed by atoms with Crippen molar-refractivity contribution in [2.75, 3.05) is 26.2 Å². The molecule has 3 heterocycles. The van der Waals surface area contributed by atoms with Gasteiger partial charge < -0.3 is 15.0 Å². The van der Waals surface area contributed by atoms with Crippen LogP contribution in [-0.4, -0.2) is 48.8 Å². The van der Waals surface area contributed by atoms with Gasteiger partial charge in [0.25, 0.3) is 0 Å². The summed E-state index contributed by atoms with van der Waals surface area (Å²) in [6.45, 7) is 9.43. The van der Waals surface area contributed by atoms with Gasteiger partial charge in [-0.25, -0.2) is 0 Å². The number of piperidine rings is 1. The van der Waals surface area contributed by atoms with Crippen LogP contribution in [0.4, 0.5) is 0 Å². The molecule has 110 valence electrons. The Morgan fingerprint density at radius 3 is 2.79 bits per heavy atom. The second kappa shape index (κ2) is 5.71. The van der Waals surface area contributed by atoms with Crippen LogP contribution in [0.3, 0.4) is 0 Å². The molecule has 1 N–H and O–H groups in total. The molecule has 3 rings (SSSR count). The van der Waals surface area contributed by atoms with Crippen LogP contribution in [0.15, 0.2) is 0 Å². The van der Waals surface area contributed by atoms with Gasteiger partial charge in [-0.3, -0.25) is 0 Å². The maximum atomic E-state index is 6.15. The van der Waals surface area contributed by atoms with Gasteiger partial charge >= 0.3 is 0 Å². The molecule has 0 bridgehead atoms. The zero-order valence-electron chi connectivity index (χ0n) is 12.7. The normalized spacial score (nSPS) is 39.8. The maximum absolute atomic E-state index is 6.15. The molecule has 3 aliphatic heterocycles. The average molecular weight is 266 g/mol. The zero-order chi connectivity index (χ0) is 13.3. The molecule has 0 amide bonds. The van der Waals surface area contributed by atoms with Gasteiger partial charge in [0, 0.05) is 19.1 Å². The summed E-state index contributed by atoms with van der Waals surface area (Å²) in [4.78, 5) is 2.67. The van der Waals surface area contributed by atoms with Crippen LogP contribution in [0.2, 0.25) is 0 Å². The molecule has 19 heavy (non-hydrogen) atoms. The topological polar surface area (TPSA) is 24.5 Å². The molecule has 0 aromatic rings. The third kappa shape index (κ3) is 3.50. The Balaban J connectivity index is 1.48. The third-order valence-electron chi connectivity index (χ3n) is 5.23. The number of hydrogen-bond donors (Lipinski definition) is 1. The number of nitrogens with zero attached hydrogens (tertiary/aromatic N) is 1. The first-order valence-corrected chi connectivity index (χ1v) is 8.26. The van der Waals surface area contributed by atoms with Gasteiger partial charge in [-0.05, 0) is 71.4 Å². The smallest absolute Gasteiger partial charge is 0.0710 e. The van der Waals surface area contributed by atoms with Gasteiger partial charge in [0.15, 0.2) is 0 Å². The summed E-state index contributed by atoms with van der Waals surface area (Å²) in [5.74, 6) is 0.880. The van der Waals surface area contributed by atoms with Crippen LogP contribution in [-0.2, 0) is 4.74 Å². The van der Waals surface area contributed by atoms with Crippen molar-refractivity contribution in [1.82, 2.24) is 10.2 Å². The SMILES string of the molecule is CC1(C)CCC(CN2CCCC(C3CCCN3)C2)O1. The highest BCUT2D eigenvalue weighted by Crippen LogP contribution is 2.31. The summed E-state index contributed by atoms with van der Waals surface area (Å²) in [6, 6.07) is 0.795. The van der Waals surface area contributed by atoms with Gasteiger partial charge in [0.05, 0.1) is 11.7 Å². The van der Waals surface area contributed by atoms with Crippen molar-refractivity contribution in [2.45, 2.75) is 70.1 Å². The molecule has 0 radical (unpaired) electrons. The van der Waals surface area contributed by atoms with E-state index in [-0.39, 0.29) is 5.60 Å². The predicted molar refractivity (Wildman–Crippen MR) is 78.4 cm³/mol. The molecule has 0 aromatic heterocycles. The molecule has 3 aliphatic rings. The Hall–Kier alpha value is -0.120. The van der Waals surface area contributed by atoms with E-state index in [1.807, 2.05) is 0 Å². The van der Waals surface area contributed by atoms with Crippen LogP contribution in [0, 0.1) is 5.92 Å².